The molecule has 6 aliphatic rings. The summed E-state index contributed by atoms with van der Waals surface area (Å²) in [6, 6.07) is 7.97. The quantitative estimate of drug-likeness (QED) is 0.412. The number of ether oxygens (including phenoxy) is 1. The fraction of sp³-hybridized carbons (Fsp3) is 0.480. The lowest BCUT2D eigenvalue weighted by Crippen LogP contribution is -2.48. The van der Waals surface area contributed by atoms with Crippen LogP contribution in [-0.4, -0.2) is 22.0 Å². The van der Waals surface area contributed by atoms with E-state index in [2.05, 4.69) is 62.2 Å². The van der Waals surface area contributed by atoms with E-state index >= 15 is 0 Å². The molecule has 0 spiro atoms. The van der Waals surface area contributed by atoms with E-state index in [1.807, 2.05) is 12.1 Å². The number of alkyl halides is 2. The molecular formula is C25H21Br2ClO2. The Morgan fingerprint density at radius 3 is 2.83 bits per heavy atom. The van der Waals surface area contributed by atoms with E-state index < -0.39 is 0 Å². The van der Waals surface area contributed by atoms with Crippen molar-refractivity contribution in [3.05, 3.63) is 63.9 Å². The zero-order chi connectivity index (χ0) is 20.4. The van der Waals surface area contributed by atoms with E-state index in [4.69, 9.17) is 16.3 Å². The maximum absolute atomic E-state index is 13.8. The van der Waals surface area contributed by atoms with Crippen molar-refractivity contribution >= 4 is 55.3 Å². The zero-order valence-electron chi connectivity index (χ0n) is 16.2. The van der Waals surface area contributed by atoms with Crippen molar-refractivity contribution in [2.75, 3.05) is 5.33 Å². The van der Waals surface area contributed by atoms with E-state index in [9.17, 15) is 4.79 Å². The Morgan fingerprint density at radius 2 is 2.07 bits per heavy atom. The number of carbonyl (C=O) groups is 1. The first-order chi connectivity index (χ1) is 14.5. The number of halogens is 3. The lowest BCUT2D eigenvalue weighted by Gasteiger charge is -2.45. The summed E-state index contributed by atoms with van der Waals surface area (Å²) in [4.78, 5) is 14.2. The van der Waals surface area contributed by atoms with Crippen LogP contribution in [0.15, 0.2) is 53.3 Å². The summed E-state index contributed by atoms with van der Waals surface area (Å²) in [5.41, 5.74) is 3.55. The van der Waals surface area contributed by atoms with E-state index in [-0.39, 0.29) is 23.4 Å². The van der Waals surface area contributed by atoms with Crippen LogP contribution in [-0.2, 0) is 9.53 Å². The van der Waals surface area contributed by atoms with Gasteiger partial charge in [0.05, 0.1) is 5.41 Å². The van der Waals surface area contributed by atoms with Crippen molar-refractivity contribution in [2.45, 2.75) is 23.8 Å². The van der Waals surface area contributed by atoms with Crippen LogP contribution in [0.4, 0.5) is 0 Å². The number of hydrogen-bond donors (Lipinski definition) is 0. The average molecular weight is 549 g/mol. The summed E-state index contributed by atoms with van der Waals surface area (Å²) >= 11 is 13.8. The number of Topliss-reactive ketones (excluding diaryl/α,β-unsaturated/α-hetero) is 1. The number of hydrogen-bond acceptors (Lipinski definition) is 2. The molecule has 7 rings (SSSR count). The van der Waals surface area contributed by atoms with Crippen LogP contribution in [0.25, 0.3) is 6.08 Å². The van der Waals surface area contributed by atoms with Gasteiger partial charge >= 0.3 is 0 Å². The van der Waals surface area contributed by atoms with Gasteiger partial charge in [0.1, 0.15) is 17.6 Å². The largest absolute Gasteiger partial charge is 0.490 e. The number of fused-ring (bicyclic) bond motifs is 5. The summed E-state index contributed by atoms with van der Waals surface area (Å²) in [6.07, 6.45) is 8.89. The first kappa shape index (κ1) is 18.7. The van der Waals surface area contributed by atoms with Crippen molar-refractivity contribution in [3.8, 4) is 0 Å². The van der Waals surface area contributed by atoms with Gasteiger partial charge in [-0.1, -0.05) is 67.7 Å². The molecular weight excluding hydrogens is 528 g/mol. The van der Waals surface area contributed by atoms with Gasteiger partial charge in [0.15, 0.2) is 0 Å². The minimum Gasteiger partial charge on any atom is -0.490 e. The maximum Gasteiger partial charge on any atom is 0.148 e. The van der Waals surface area contributed by atoms with Gasteiger partial charge in [-0.3, -0.25) is 4.79 Å². The van der Waals surface area contributed by atoms with Crippen molar-refractivity contribution in [1.82, 2.24) is 0 Å². The second-order valence-electron chi connectivity index (χ2n) is 9.86. The van der Waals surface area contributed by atoms with Crippen LogP contribution >= 0.6 is 43.5 Å². The first-order valence-electron chi connectivity index (χ1n) is 10.8. The second-order valence-corrected chi connectivity index (χ2v) is 11.9. The molecule has 5 heteroatoms. The normalized spacial score (nSPS) is 48.0. The van der Waals surface area contributed by atoms with Crippen LogP contribution in [0.3, 0.4) is 0 Å². The number of benzene rings is 1. The molecule has 5 bridgehead atoms. The first-order valence-corrected chi connectivity index (χ1v) is 13.3. The van der Waals surface area contributed by atoms with E-state index in [1.54, 1.807) is 0 Å². The van der Waals surface area contributed by atoms with Gasteiger partial charge in [-0.05, 0) is 65.5 Å². The predicted octanol–water partition coefficient (Wildman–Crippen LogP) is 6.19. The molecule has 5 aliphatic carbocycles. The highest BCUT2D eigenvalue weighted by Gasteiger charge is 2.79. The minimum absolute atomic E-state index is 0.0500. The van der Waals surface area contributed by atoms with Gasteiger partial charge in [-0.25, -0.2) is 0 Å². The molecule has 0 aromatic heterocycles. The number of carbonyl (C=O) groups excluding carboxylic acids is 1. The highest BCUT2D eigenvalue weighted by molar-refractivity contribution is 9.09. The third-order valence-electron chi connectivity index (χ3n) is 8.94. The molecule has 9 unspecified atom stereocenters. The highest BCUT2D eigenvalue weighted by atomic mass is 79.9. The van der Waals surface area contributed by atoms with Crippen LogP contribution in [0.5, 0.6) is 0 Å². The third-order valence-corrected chi connectivity index (χ3v) is 11.4. The molecule has 30 heavy (non-hydrogen) atoms. The van der Waals surface area contributed by atoms with E-state index in [0.29, 0.717) is 34.3 Å². The monoisotopic (exact) mass is 546 g/mol. The Hall–Kier alpha value is -0.840. The molecule has 154 valence electrons. The molecule has 9 atom stereocenters. The van der Waals surface area contributed by atoms with Gasteiger partial charge in [0, 0.05) is 32.9 Å². The molecule has 1 aromatic carbocycles. The van der Waals surface area contributed by atoms with Gasteiger partial charge in [-0.2, -0.15) is 0 Å². The Balaban J connectivity index is 1.30. The van der Waals surface area contributed by atoms with Crippen LogP contribution < -0.4 is 0 Å². The molecule has 3 saturated carbocycles. The van der Waals surface area contributed by atoms with E-state index in [0.717, 1.165) is 22.3 Å². The summed E-state index contributed by atoms with van der Waals surface area (Å²) in [5.74, 6) is 3.77. The summed E-state index contributed by atoms with van der Waals surface area (Å²) in [5, 5.41) is 1.53. The molecule has 1 aromatic rings. The fourth-order valence-electron chi connectivity index (χ4n) is 7.89. The molecule has 0 N–H and O–H groups in total. The molecule has 3 fully saturated rings. The van der Waals surface area contributed by atoms with Gasteiger partial charge in [0.2, 0.25) is 0 Å². The summed E-state index contributed by atoms with van der Waals surface area (Å²) in [6.45, 7) is 0. The summed E-state index contributed by atoms with van der Waals surface area (Å²) in [7, 11) is 0. The molecule has 1 heterocycles. The molecule has 1 aliphatic heterocycles. The van der Waals surface area contributed by atoms with Crippen LogP contribution in [0.1, 0.15) is 18.4 Å². The van der Waals surface area contributed by atoms with Gasteiger partial charge in [-0.15, -0.1) is 0 Å². The zero-order valence-corrected chi connectivity index (χ0v) is 20.2. The second kappa shape index (κ2) is 6.14. The predicted molar refractivity (Wildman–Crippen MR) is 125 cm³/mol. The molecule has 2 nitrogen and oxygen atoms in total. The van der Waals surface area contributed by atoms with Crippen LogP contribution in [0, 0.1) is 40.9 Å². The highest BCUT2D eigenvalue weighted by Crippen LogP contribution is 2.77. The number of rotatable bonds is 2. The third kappa shape index (κ3) is 2.05. The lowest BCUT2D eigenvalue weighted by molar-refractivity contribution is -0.132. The van der Waals surface area contributed by atoms with Gasteiger partial charge in [0.25, 0.3) is 0 Å². The standard InChI is InChI=1S/C25H21Br2ClO2/c26-10-25-17-9-16-21(25)23-15(19(24(25)29)20(17)22(16)27)8-14-12(3-6-18(14)30-23)7-11-1-4-13(28)5-2-11/h1-7,14,16-22H,8-10H2/b12-7-. The Morgan fingerprint density at radius 1 is 1.27 bits per heavy atom. The Bertz CT molecular complexity index is 1070. The number of allylic oxidation sites excluding steroid dienone is 3. The van der Waals surface area contributed by atoms with Gasteiger partial charge < -0.3 is 4.74 Å². The molecule has 0 amide bonds. The fourth-order valence-corrected chi connectivity index (χ4v) is 10.2. The van der Waals surface area contributed by atoms with Crippen molar-refractivity contribution in [2.24, 2.45) is 40.9 Å². The van der Waals surface area contributed by atoms with Crippen molar-refractivity contribution < 1.29 is 9.53 Å². The van der Waals surface area contributed by atoms with Crippen molar-refractivity contribution in [3.63, 3.8) is 0 Å². The molecule has 0 radical (unpaired) electrons. The van der Waals surface area contributed by atoms with Crippen molar-refractivity contribution in [1.29, 1.82) is 0 Å². The molecule has 0 saturated heterocycles. The maximum atomic E-state index is 13.8. The van der Waals surface area contributed by atoms with Crippen LogP contribution in [0.2, 0.25) is 5.02 Å². The SMILES string of the molecule is O=C1C2C3=C(OC4C=C/C(=C/c5ccc(Cl)cc5)C4C3)C3C4CC(C2C4Br)C13CBr. The summed E-state index contributed by atoms with van der Waals surface area (Å²) < 4.78 is 6.77. The Labute approximate surface area is 198 Å². The number of ketones is 1. The smallest absolute Gasteiger partial charge is 0.148 e. The topological polar surface area (TPSA) is 26.3 Å². The lowest BCUT2D eigenvalue weighted by atomic mass is 9.64. The Kier molecular flexibility index (Phi) is 3.83. The average Bonchev–Trinajstić information content (AvgIpc) is 3.40. The van der Waals surface area contributed by atoms with E-state index in [1.165, 1.54) is 23.3 Å². The minimum atomic E-state index is -0.222.